The van der Waals surface area contributed by atoms with Crippen molar-refractivity contribution in [2.75, 3.05) is 13.2 Å². The number of ether oxygens (including phenoxy) is 2. The van der Waals surface area contributed by atoms with E-state index in [4.69, 9.17) is 13.9 Å². The standard InChI is InChI=1S/C32H45N2O6P/c1-11-38-29(36)31(7,8)33-41(34-32(9,10)30(37)39-12-2)28-18-25-21(6)24(20(5)15-27(25)40-28)17-22-13-14-26(35)23(16-22)19(3)4/h13-16,18-19,33-35H,11-12,17H2,1-10H3. The fraction of sp³-hybridized carbons (Fsp3) is 0.500. The number of esters is 2. The number of phenols is 1. The first kappa shape index (κ1) is 32.6. The number of nitrogens with one attached hydrogen (secondary N) is 2. The van der Waals surface area contributed by atoms with Gasteiger partial charge in [0.1, 0.15) is 30.6 Å². The van der Waals surface area contributed by atoms with Crippen molar-refractivity contribution in [1.29, 1.82) is 0 Å². The molecule has 0 amide bonds. The summed E-state index contributed by atoms with van der Waals surface area (Å²) in [6.45, 7) is 19.3. The van der Waals surface area contributed by atoms with E-state index in [-0.39, 0.29) is 19.1 Å². The van der Waals surface area contributed by atoms with Crippen LogP contribution < -0.4 is 15.7 Å². The van der Waals surface area contributed by atoms with Crippen molar-refractivity contribution in [2.45, 2.75) is 92.7 Å². The first-order valence-corrected chi connectivity index (χ1v) is 15.5. The largest absolute Gasteiger partial charge is 0.508 e. The van der Waals surface area contributed by atoms with E-state index in [1.165, 1.54) is 5.56 Å². The number of hydrogen-bond acceptors (Lipinski definition) is 8. The summed E-state index contributed by atoms with van der Waals surface area (Å²) in [5.41, 5.74) is 4.65. The van der Waals surface area contributed by atoms with Crippen molar-refractivity contribution in [1.82, 2.24) is 10.2 Å². The molecule has 2 aromatic carbocycles. The first-order chi connectivity index (χ1) is 19.1. The molecule has 41 heavy (non-hydrogen) atoms. The van der Waals surface area contributed by atoms with Gasteiger partial charge < -0.3 is 19.0 Å². The second kappa shape index (κ2) is 12.9. The Bertz CT molecular complexity index is 1380. The van der Waals surface area contributed by atoms with Gasteiger partial charge in [0.05, 0.1) is 13.2 Å². The van der Waals surface area contributed by atoms with Gasteiger partial charge in [0.15, 0.2) is 5.50 Å². The summed E-state index contributed by atoms with van der Waals surface area (Å²) >= 11 is 0. The number of rotatable bonds is 12. The zero-order valence-electron chi connectivity index (χ0n) is 26.0. The number of aromatic hydroxyl groups is 1. The van der Waals surface area contributed by atoms with E-state index in [1.807, 2.05) is 18.2 Å². The van der Waals surface area contributed by atoms with Gasteiger partial charge in [0.2, 0.25) is 0 Å². The third-order valence-corrected chi connectivity index (χ3v) is 9.32. The van der Waals surface area contributed by atoms with Crippen LogP contribution in [0.1, 0.15) is 89.1 Å². The summed E-state index contributed by atoms with van der Waals surface area (Å²) in [6, 6.07) is 9.83. The Kier molecular flexibility index (Phi) is 10.3. The van der Waals surface area contributed by atoms with Crippen LogP contribution in [0, 0.1) is 13.8 Å². The minimum atomic E-state index is -1.56. The van der Waals surface area contributed by atoms with Crippen LogP contribution >= 0.6 is 8.22 Å². The molecule has 9 heteroatoms. The molecule has 1 heterocycles. The molecule has 0 aliphatic carbocycles. The zero-order chi connectivity index (χ0) is 30.7. The monoisotopic (exact) mass is 584 g/mol. The SMILES string of the molecule is CCOC(=O)C(C)(C)NP(NC(C)(C)C(=O)OCC)c1cc2c(C)c(Cc3ccc(O)c(C(C)C)c3)c(C)cc2o1. The van der Waals surface area contributed by atoms with E-state index in [9.17, 15) is 14.7 Å². The van der Waals surface area contributed by atoms with E-state index in [1.54, 1.807) is 47.6 Å². The average molecular weight is 585 g/mol. The Hall–Kier alpha value is -2.93. The molecule has 224 valence electrons. The highest BCUT2D eigenvalue weighted by Crippen LogP contribution is 2.37. The van der Waals surface area contributed by atoms with Crippen LogP contribution in [0.25, 0.3) is 11.0 Å². The lowest BCUT2D eigenvalue weighted by Gasteiger charge is -2.33. The Morgan fingerprint density at radius 1 is 0.951 bits per heavy atom. The van der Waals surface area contributed by atoms with Crippen LogP contribution in [0.5, 0.6) is 5.75 Å². The zero-order valence-corrected chi connectivity index (χ0v) is 26.9. The third kappa shape index (κ3) is 7.48. The first-order valence-electron chi connectivity index (χ1n) is 14.2. The molecular weight excluding hydrogens is 539 g/mol. The molecule has 0 spiro atoms. The van der Waals surface area contributed by atoms with Gasteiger partial charge in [-0.2, -0.15) is 0 Å². The van der Waals surface area contributed by atoms with Crippen molar-refractivity contribution in [3.63, 3.8) is 0 Å². The predicted molar refractivity (Wildman–Crippen MR) is 165 cm³/mol. The van der Waals surface area contributed by atoms with Crippen LogP contribution in [0.15, 0.2) is 34.7 Å². The number of furan rings is 1. The van der Waals surface area contributed by atoms with Crippen molar-refractivity contribution >= 4 is 36.6 Å². The number of phenolic OH excluding ortho intramolecular Hbond substituents is 1. The Labute approximate surface area is 245 Å². The van der Waals surface area contributed by atoms with Gasteiger partial charge in [0.25, 0.3) is 0 Å². The summed E-state index contributed by atoms with van der Waals surface area (Å²) in [5, 5.41) is 18.0. The molecule has 0 fully saturated rings. The minimum absolute atomic E-state index is 0.216. The molecule has 3 aromatic rings. The van der Waals surface area contributed by atoms with Gasteiger partial charge in [-0.1, -0.05) is 26.0 Å². The number of hydrogen-bond donors (Lipinski definition) is 3. The van der Waals surface area contributed by atoms with Crippen LogP contribution in [-0.2, 0) is 25.5 Å². The summed E-state index contributed by atoms with van der Waals surface area (Å²) in [7, 11) is -1.56. The Balaban J connectivity index is 2.06. The lowest BCUT2D eigenvalue weighted by atomic mass is 9.91. The molecule has 0 atom stereocenters. The summed E-state index contributed by atoms with van der Waals surface area (Å²) in [5.74, 6) is -0.267. The van der Waals surface area contributed by atoms with Gasteiger partial charge in [-0.05, 0) is 114 Å². The second-order valence-corrected chi connectivity index (χ2v) is 13.3. The van der Waals surface area contributed by atoms with Gasteiger partial charge in [-0.25, -0.2) is 0 Å². The van der Waals surface area contributed by atoms with Crippen LogP contribution in [-0.4, -0.2) is 41.3 Å². The lowest BCUT2D eigenvalue weighted by Crippen LogP contribution is -2.53. The van der Waals surface area contributed by atoms with Crippen LogP contribution in [0.2, 0.25) is 0 Å². The molecule has 3 rings (SSSR count). The van der Waals surface area contributed by atoms with Crippen molar-refractivity contribution in [3.05, 3.63) is 58.1 Å². The highest BCUT2D eigenvalue weighted by Gasteiger charge is 2.39. The molecule has 1 aromatic heterocycles. The number of fused-ring (bicyclic) bond motifs is 1. The van der Waals surface area contributed by atoms with Gasteiger partial charge in [0, 0.05) is 5.39 Å². The third-order valence-electron chi connectivity index (χ3n) is 7.10. The maximum atomic E-state index is 12.8. The summed E-state index contributed by atoms with van der Waals surface area (Å²) in [4.78, 5) is 25.5. The second-order valence-electron chi connectivity index (χ2n) is 11.8. The number of carbonyl (C=O) groups excluding carboxylic acids is 2. The molecule has 0 radical (unpaired) electrons. The fourth-order valence-corrected chi connectivity index (χ4v) is 6.73. The number of aryl methyl sites for hydroxylation is 2. The topological polar surface area (TPSA) is 110 Å². The molecule has 0 saturated carbocycles. The number of carbonyl (C=O) groups is 2. The summed E-state index contributed by atoms with van der Waals surface area (Å²) in [6.07, 6.45) is 0.713. The minimum Gasteiger partial charge on any atom is -0.508 e. The molecule has 8 nitrogen and oxygen atoms in total. The average Bonchev–Trinajstić information content (AvgIpc) is 3.31. The quantitative estimate of drug-likeness (QED) is 0.169. The predicted octanol–water partition coefficient (Wildman–Crippen LogP) is 6.27. The Morgan fingerprint density at radius 3 is 2.02 bits per heavy atom. The van der Waals surface area contributed by atoms with Gasteiger partial charge >= 0.3 is 11.9 Å². The fourth-order valence-electron chi connectivity index (χ4n) is 4.71. The van der Waals surface area contributed by atoms with E-state index in [0.29, 0.717) is 17.7 Å². The van der Waals surface area contributed by atoms with Crippen LogP contribution in [0.4, 0.5) is 0 Å². The molecule has 0 bridgehead atoms. The van der Waals surface area contributed by atoms with E-state index >= 15 is 0 Å². The highest BCUT2D eigenvalue weighted by atomic mass is 31.1. The van der Waals surface area contributed by atoms with Crippen molar-refractivity contribution in [3.8, 4) is 5.75 Å². The Morgan fingerprint density at radius 2 is 1.51 bits per heavy atom. The summed E-state index contributed by atoms with van der Waals surface area (Å²) < 4.78 is 17.0. The molecule has 0 unspecified atom stereocenters. The van der Waals surface area contributed by atoms with Gasteiger partial charge in [-0.3, -0.25) is 19.8 Å². The smallest absolute Gasteiger partial charge is 0.326 e. The normalized spacial score (nSPS) is 12.4. The van der Waals surface area contributed by atoms with Crippen LogP contribution in [0.3, 0.4) is 0 Å². The maximum Gasteiger partial charge on any atom is 0.326 e. The molecule has 0 saturated heterocycles. The van der Waals surface area contributed by atoms with Gasteiger partial charge in [-0.15, -0.1) is 0 Å². The van der Waals surface area contributed by atoms with Crippen molar-refractivity contribution in [2.24, 2.45) is 0 Å². The highest BCUT2D eigenvalue weighted by molar-refractivity contribution is 7.61. The maximum absolute atomic E-state index is 12.8. The molecule has 0 aliphatic rings. The lowest BCUT2D eigenvalue weighted by molar-refractivity contribution is -0.149. The molecule has 3 N–H and O–H groups in total. The molecular formula is C32H45N2O6P. The molecule has 0 aliphatic heterocycles. The van der Waals surface area contributed by atoms with E-state index in [2.05, 4.69) is 43.9 Å². The van der Waals surface area contributed by atoms with Crippen molar-refractivity contribution < 1.29 is 28.6 Å². The van der Waals surface area contributed by atoms with E-state index < -0.39 is 31.2 Å². The van der Waals surface area contributed by atoms with E-state index in [0.717, 1.165) is 33.2 Å². The number of benzene rings is 2.